The standard InChI is InChI=1S/C31H34N4O7S/c1-23-7-9-26(42-23)20-34(19-24-8-10-27-28(18-24)41-22-40-27)30(36)21-35(13-12-33-14-16-39-17-15-33)43(37,38)29-6-2-4-25-5-3-11-32-31(25)29/h2-11,18H,12-17,19-22H2,1H3. The molecule has 0 atom stereocenters. The number of hydrogen-bond donors (Lipinski definition) is 0. The molecule has 2 aromatic carbocycles. The number of furan rings is 1. The van der Waals surface area contributed by atoms with Crippen LogP contribution < -0.4 is 9.47 Å². The molecule has 2 aliphatic heterocycles. The number of morpholine rings is 1. The molecule has 0 aliphatic carbocycles. The summed E-state index contributed by atoms with van der Waals surface area (Å²) in [7, 11) is -4.10. The molecule has 1 fully saturated rings. The number of hydrogen-bond acceptors (Lipinski definition) is 9. The van der Waals surface area contributed by atoms with Crippen molar-refractivity contribution >= 4 is 26.8 Å². The van der Waals surface area contributed by atoms with Gasteiger partial charge >= 0.3 is 0 Å². The summed E-state index contributed by atoms with van der Waals surface area (Å²) in [6.07, 6.45) is 1.57. The first kappa shape index (κ1) is 29.1. The Morgan fingerprint density at radius 1 is 0.977 bits per heavy atom. The average molecular weight is 607 g/mol. The van der Waals surface area contributed by atoms with Gasteiger partial charge in [0, 0.05) is 44.3 Å². The summed E-state index contributed by atoms with van der Waals surface area (Å²) in [5.74, 6) is 2.23. The number of ether oxygens (including phenoxy) is 3. The maximum absolute atomic E-state index is 14.2. The molecule has 0 saturated carbocycles. The largest absolute Gasteiger partial charge is 0.464 e. The molecular formula is C31H34N4O7S. The third-order valence-electron chi connectivity index (χ3n) is 7.60. The molecule has 0 spiro atoms. The second-order valence-electron chi connectivity index (χ2n) is 10.6. The molecule has 0 N–H and O–H groups in total. The van der Waals surface area contributed by atoms with Crippen LogP contribution in [0.3, 0.4) is 0 Å². The summed E-state index contributed by atoms with van der Waals surface area (Å²) >= 11 is 0. The van der Waals surface area contributed by atoms with Crippen LogP contribution in [0.5, 0.6) is 11.5 Å². The first-order valence-corrected chi connectivity index (χ1v) is 15.7. The number of para-hydroxylation sites is 1. The second kappa shape index (κ2) is 12.7. The molecule has 0 bridgehead atoms. The van der Waals surface area contributed by atoms with Gasteiger partial charge in [0.2, 0.25) is 22.7 Å². The number of aromatic nitrogens is 1. The molecule has 1 saturated heterocycles. The summed E-state index contributed by atoms with van der Waals surface area (Å²) in [6, 6.07) is 17.8. The van der Waals surface area contributed by atoms with E-state index >= 15 is 0 Å². The molecule has 1 amide bonds. The van der Waals surface area contributed by atoms with E-state index < -0.39 is 10.0 Å². The number of rotatable bonds is 11. The first-order valence-electron chi connectivity index (χ1n) is 14.2. The number of nitrogens with zero attached hydrogens (tertiary/aromatic N) is 4. The van der Waals surface area contributed by atoms with Gasteiger partial charge in [-0.1, -0.05) is 24.3 Å². The minimum absolute atomic E-state index is 0.0735. The fourth-order valence-corrected chi connectivity index (χ4v) is 6.83. The van der Waals surface area contributed by atoms with E-state index in [2.05, 4.69) is 9.88 Å². The van der Waals surface area contributed by atoms with Gasteiger partial charge in [-0.2, -0.15) is 4.31 Å². The molecule has 4 aromatic rings. The van der Waals surface area contributed by atoms with Crippen LogP contribution in [0.15, 0.2) is 76.2 Å². The predicted octanol–water partition coefficient (Wildman–Crippen LogP) is 3.42. The summed E-state index contributed by atoms with van der Waals surface area (Å²) in [6.45, 7) is 5.21. The fourth-order valence-electron chi connectivity index (χ4n) is 5.29. The zero-order valence-corrected chi connectivity index (χ0v) is 24.8. The van der Waals surface area contributed by atoms with Crippen molar-refractivity contribution in [1.82, 2.24) is 19.1 Å². The van der Waals surface area contributed by atoms with Crippen LogP contribution in [0.1, 0.15) is 17.1 Å². The Kier molecular flexibility index (Phi) is 8.61. The van der Waals surface area contributed by atoms with Gasteiger partial charge < -0.3 is 23.5 Å². The molecule has 12 heteroatoms. The van der Waals surface area contributed by atoms with Crippen LogP contribution >= 0.6 is 0 Å². The highest BCUT2D eigenvalue weighted by Crippen LogP contribution is 2.33. The minimum atomic E-state index is -4.10. The van der Waals surface area contributed by atoms with Gasteiger partial charge in [-0.3, -0.25) is 14.7 Å². The van der Waals surface area contributed by atoms with Crippen molar-refractivity contribution in [1.29, 1.82) is 0 Å². The van der Waals surface area contributed by atoms with Crippen LogP contribution in [0.25, 0.3) is 10.9 Å². The Hall–Kier alpha value is -3.97. The number of carbonyl (C=O) groups excluding carboxylic acids is 1. The zero-order chi connectivity index (χ0) is 29.8. The molecule has 43 heavy (non-hydrogen) atoms. The monoisotopic (exact) mass is 606 g/mol. The quantitative estimate of drug-likeness (QED) is 0.253. The summed E-state index contributed by atoms with van der Waals surface area (Å²) in [5.41, 5.74) is 1.19. The average Bonchev–Trinajstić information content (AvgIpc) is 3.67. The van der Waals surface area contributed by atoms with Crippen molar-refractivity contribution in [3.63, 3.8) is 0 Å². The molecule has 2 aromatic heterocycles. The number of amides is 1. The van der Waals surface area contributed by atoms with Gasteiger partial charge in [0.15, 0.2) is 11.5 Å². The van der Waals surface area contributed by atoms with E-state index in [1.807, 2.05) is 49.4 Å². The van der Waals surface area contributed by atoms with E-state index in [0.717, 1.165) is 11.3 Å². The number of aryl methyl sites for hydroxylation is 1. The lowest BCUT2D eigenvalue weighted by molar-refractivity contribution is -0.133. The lowest BCUT2D eigenvalue weighted by Crippen LogP contribution is -2.47. The molecular weight excluding hydrogens is 572 g/mol. The van der Waals surface area contributed by atoms with Crippen LogP contribution in [0.2, 0.25) is 0 Å². The number of carbonyl (C=O) groups is 1. The van der Waals surface area contributed by atoms with Gasteiger partial charge in [-0.15, -0.1) is 0 Å². The molecule has 11 nitrogen and oxygen atoms in total. The SMILES string of the molecule is Cc1ccc(CN(Cc2ccc3c(c2)OCO3)C(=O)CN(CCN2CCOCC2)S(=O)(=O)c2cccc3cccnc23)o1. The molecule has 6 rings (SSSR count). The maximum atomic E-state index is 14.2. The third kappa shape index (κ3) is 6.67. The topological polar surface area (TPSA) is 115 Å². The van der Waals surface area contributed by atoms with Crippen LogP contribution in [-0.2, 0) is 32.6 Å². The second-order valence-corrected chi connectivity index (χ2v) is 12.5. The first-order chi connectivity index (χ1) is 20.9. The Morgan fingerprint density at radius 2 is 1.79 bits per heavy atom. The highest BCUT2D eigenvalue weighted by Gasteiger charge is 2.31. The predicted molar refractivity (Wildman–Crippen MR) is 158 cm³/mol. The zero-order valence-electron chi connectivity index (χ0n) is 24.0. The van der Waals surface area contributed by atoms with E-state index in [-0.39, 0.29) is 43.8 Å². The van der Waals surface area contributed by atoms with E-state index in [1.54, 1.807) is 29.3 Å². The molecule has 2 aliphatic rings. The van der Waals surface area contributed by atoms with Crippen molar-refractivity contribution in [2.24, 2.45) is 0 Å². The minimum Gasteiger partial charge on any atom is -0.464 e. The van der Waals surface area contributed by atoms with Gasteiger partial charge in [0.05, 0.1) is 31.8 Å². The maximum Gasteiger partial charge on any atom is 0.245 e. The lowest BCUT2D eigenvalue weighted by Gasteiger charge is -2.31. The van der Waals surface area contributed by atoms with Crippen LogP contribution in [0.4, 0.5) is 0 Å². The Morgan fingerprint density at radius 3 is 2.60 bits per heavy atom. The molecule has 0 radical (unpaired) electrons. The van der Waals surface area contributed by atoms with E-state index in [0.29, 0.717) is 61.0 Å². The highest BCUT2D eigenvalue weighted by atomic mass is 32.2. The van der Waals surface area contributed by atoms with E-state index in [9.17, 15) is 13.2 Å². The Balaban J connectivity index is 1.30. The molecule has 0 unspecified atom stereocenters. The smallest absolute Gasteiger partial charge is 0.245 e. The Labute approximate surface area is 250 Å². The van der Waals surface area contributed by atoms with Gasteiger partial charge in [0.25, 0.3) is 0 Å². The van der Waals surface area contributed by atoms with Gasteiger partial charge in [-0.25, -0.2) is 8.42 Å². The van der Waals surface area contributed by atoms with Crippen molar-refractivity contribution in [3.05, 3.63) is 83.9 Å². The van der Waals surface area contributed by atoms with E-state index in [4.69, 9.17) is 18.6 Å². The van der Waals surface area contributed by atoms with Crippen LogP contribution in [0, 0.1) is 6.92 Å². The number of benzene rings is 2. The fraction of sp³-hybridized carbons (Fsp3) is 0.355. The normalized spacial score (nSPS) is 15.3. The van der Waals surface area contributed by atoms with Crippen molar-refractivity contribution in [3.8, 4) is 11.5 Å². The van der Waals surface area contributed by atoms with Gasteiger partial charge in [0.1, 0.15) is 16.4 Å². The van der Waals surface area contributed by atoms with E-state index in [1.165, 1.54) is 4.31 Å². The lowest BCUT2D eigenvalue weighted by atomic mass is 10.2. The highest BCUT2D eigenvalue weighted by molar-refractivity contribution is 7.89. The van der Waals surface area contributed by atoms with Crippen molar-refractivity contribution in [2.75, 3.05) is 52.7 Å². The molecule has 4 heterocycles. The molecule has 226 valence electrons. The third-order valence-corrected chi connectivity index (χ3v) is 9.48. The number of fused-ring (bicyclic) bond motifs is 2. The summed E-state index contributed by atoms with van der Waals surface area (Å²) < 4.78 is 52.0. The summed E-state index contributed by atoms with van der Waals surface area (Å²) in [4.78, 5) is 22.3. The Bertz CT molecular complexity index is 1700. The van der Waals surface area contributed by atoms with Crippen molar-refractivity contribution in [2.45, 2.75) is 24.9 Å². The van der Waals surface area contributed by atoms with Crippen molar-refractivity contribution < 1.29 is 31.8 Å². The number of sulfonamides is 1. The number of pyridine rings is 1. The summed E-state index contributed by atoms with van der Waals surface area (Å²) in [5, 5.41) is 0.709. The van der Waals surface area contributed by atoms with Crippen LogP contribution in [-0.4, -0.2) is 86.1 Å². The van der Waals surface area contributed by atoms with Gasteiger partial charge in [-0.05, 0) is 48.9 Å².